The van der Waals surface area contributed by atoms with Gasteiger partial charge in [0, 0.05) is 26.8 Å². The van der Waals surface area contributed by atoms with Gasteiger partial charge in [-0.2, -0.15) is 5.10 Å². The number of rotatable bonds is 3. The van der Waals surface area contributed by atoms with Crippen molar-refractivity contribution in [1.29, 1.82) is 0 Å². The number of carbonyl (C=O) groups is 1. The molecule has 0 bridgehead atoms. The maximum Gasteiger partial charge on any atom is 0.230 e. The van der Waals surface area contributed by atoms with Crippen molar-refractivity contribution in [3.05, 3.63) is 18.0 Å². The number of carbonyl (C=O) groups excluding carboxylic acids is 1. The van der Waals surface area contributed by atoms with Crippen molar-refractivity contribution in [3.8, 4) is 0 Å². The predicted molar refractivity (Wildman–Crippen MR) is 49.1 cm³/mol. The molecule has 0 aliphatic carbocycles. The number of nitrogens with two attached hydrogens (primary N) is 1. The van der Waals surface area contributed by atoms with Crippen molar-refractivity contribution in [3.63, 3.8) is 0 Å². The van der Waals surface area contributed by atoms with E-state index in [1.807, 2.05) is 0 Å². The van der Waals surface area contributed by atoms with E-state index in [0.717, 1.165) is 5.69 Å². The Morgan fingerprint density at radius 3 is 2.92 bits per heavy atom. The highest BCUT2D eigenvalue weighted by Gasteiger charge is 2.20. The maximum atomic E-state index is 11.4. The van der Waals surface area contributed by atoms with Crippen LogP contribution in [0.25, 0.3) is 0 Å². The minimum Gasteiger partial charge on any atom is -0.359 e. The molecule has 1 aromatic rings. The van der Waals surface area contributed by atoms with Crippen molar-refractivity contribution in [2.24, 2.45) is 12.8 Å². The lowest BCUT2D eigenvalue weighted by Gasteiger charge is -2.12. The Hall–Kier alpha value is -1.36. The van der Waals surface area contributed by atoms with Crippen LogP contribution in [0.2, 0.25) is 0 Å². The van der Waals surface area contributed by atoms with Gasteiger partial charge in [0.1, 0.15) is 0 Å². The number of nitrogens with zero attached hydrogens (tertiary/aromatic N) is 2. The predicted octanol–water partition coefficient (Wildman–Crippen LogP) is -0.792. The Morgan fingerprint density at radius 2 is 2.54 bits per heavy atom. The zero-order valence-corrected chi connectivity index (χ0v) is 7.82. The van der Waals surface area contributed by atoms with Gasteiger partial charge >= 0.3 is 0 Å². The summed E-state index contributed by atoms with van der Waals surface area (Å²) in [5, 5.41) is 6.55. The molecule has 13 heavy (non-hydrogen) atoms. The molecule has 0 saturated carbocycles. The smallest absolute Gasteiger partial charge is 0.230 e. The zero-order chi connectivity index (χ0) is 9.84. The van der Waals surface area contributed by atoms with Crippen LogP contribution in [0.3, 0.4) is 0 Å². The van der Waals surface area contributed by atoms with Gasteiger partial charge in [0.25, 0.3) is 0 Å². The first kappa shape index (κ1) is 9.73. The summed E-state index contributed by atoms with van der Waals surface area (Å²) >= 11 is 0. The van der Waals surface area contributed by atoms with Crippen LogP contribution in [0.4, 0.5) is 0 Å². The van der Waals surface area contributed by atoms with Crippen LogP contribution in [0.15, 0.2) is 12.3 Å². The van der Waals surface area contributed by atoms with Gasteiger partial charge in [0.2, 0.25) is 5.91 Å². The molecule has 1 heterocycles. The fourth-order valence-corrected chi connectivity index (χ4v) is 1.26. The van der Waals surface area contributed by atoms with Crippen LogP contribution in [-0.2, 0) is 11.8 Å². The van der Waals surface area contributed by atoms with Crippen LogP contribution in [-0.4, -0.2) is 29.3 Å². The summed E-state index contributed by atoms with van der Waals surface area (Å²) < 4.78 is 1.66. The van der Waals surface area contributed by atoms with E-state index in [9.17, 15) is 4.79 Å². The molecule has 0 aromatic carbocycles. The number of amides is 1. The second kappa shape index (κ2) is 4.04. The third-order valence-electron chi connectivity index (χ3n) is 2.01. The van der Waals surface area contributed by atoms with Crippen molar-refractivity contribution in [2.45, 2.75) is 5.92 Å². The van der Waals surface area contributed by atoms with Crippen LogP contribution in [0, 0.1) is 0 Å². The van der Waals surface area contributed by atoms with Crippen molar-refractivity contribution in [2.75, 3.05) is 13.6 Å². The zero-order valence-electron chi connectivity index (χ0n) is 7.82. The summed E-state index contributed by atoms with van der Waals surface area (Å²) in [5.74, 6) is -0.386. The Morgan fingerprint density at radius 1 is 1.85 bits per heavy atom. The summed E-state index contributed by atoms with van der Waals surface area (Å²) in [4.78, 5) is 11.4. The molecular weight excluding hydrogens is 168 g/mol. The van der Waals surface area contributed by atoms with E-state index in [-0.39, 0.29) is 11.8 Å². The van der Waals surface area contributed by atoms with Crippen molar-refractivity contribution >= 4 is 5.91 Å². The minimum atomic E-state index is -0.308. The molecule has 1 amide bonds. The largest absolute Gasteiger partial charge is 0.359 e. The van der Waals surface area contributed by atoms with Crippen LogP contribution in [0.5, 0.6) is 0 Å². The van der Waals surface area contributed by atoms with Gasteiger partial charge in [0.15, 0.2) is 0 Å². The first-order chi connectivity index (χ1) is 6.20. The number of hydrogen-bond acceptors (Lipinski definition) is 3. The standard InChI is InChI=1S/C8H14N4O/c1-10-8(13)6(5-9)7-3-4-11-12(7)2/h3-4,6H,5,9H2,1-2H3,(H,10,13)/t6-/m0/s1. The summed E-state index contributed by atoms with van der Waals surface area (Å²) in [6, 6.07) is 1.80. The third kappa shape index (κ3) is 1.86. The van der Waals surface area contributed by atoms with Gasteiger partial charge in [-0.05, 0) is 6.07 Å². The van der Waals surface area contributed by atoms with E-state index >= 15 is 0 Å². The second-order valence-corrected chi connectivity index (χ2v) is 2.78. The first-order valence-electron chi connectivity index (χ1n) is 4.10. The van der Waals surface area contributed by atoms with Crippen LogP contribution < -0.4 is 11.1 Å². The number of aryl methyl sites for hydroxylation is 1. The Balaban J connectivity index is 2.90. The van der Waals surface area contributed by atoms with Crippen LogP contribution >= 0.6 is 0 Å². The summed E-state index contributed by atoms with van der Waals surface area (Å²) in [6.07, 6.45) is 1.65. The third-order valence-corrected chi connectivity index (χ3v) is 2.01. The van der Waals surface area contributed by atoms with Gasteiger partial charge in [-0.3, -0.25) is 9.48 Å². The monoisotopic (exact) mass is 182 g/mol. The fourth-order valence-electron chi connectivity index (χ4n) is 1.26. The fraction of sp³-hybridized carbons (Fsp3) is 0.500. The average Bonchev–Trinajstić information content (AvgIpc) is 2.53. The first-order valence-corrected chi connectivity index (χ1v) is 4.10. The molecule has 1 rings (SSSR count). The van der Waals surface area contributed by atoms with E-state index in [1.165, 1.54) is 0 Å². The summed E-state index contributed by atoms with van der Waals surface area (Å²) in [6.45, 7) is 0.291. The molecule has 3 N–H and O–H groups in total. The molecule has 0 radical (unpaired) electrons. The van der Waals surface area contributed by atoms with Gasteiger partial charge in [-0.1, -0.05) is 0 Å². The molecule has 1 atom stereocenters. The highest BCUT2D eigenvalue weighted by molar-refractivity contribution is 5.83. The maximum absolute atomic E-state index is 11.4. The van der Waals surface area contributed by atoms with Gasteiger partial charge < -0.3 is 11.1 Å². The lowest BCUT2D eigenvalue weighted by Crippen LogP contribution is -2.32. The SMILES string of the molecule is CNC(=O)[C@@H](CN)c1ccnn1C. The van der Waals surface area contributed by atoms with E-state index in [2.05, 4.69) is 10.4 Å². The minimum absolute atomic E-state index is 0.0777. The molecular formula is C8H14N4O. The van der Waals surface area contributed by atoms with Crippen LogP contribution in [0.1, 0.15) is 11.6 Å². The van der Waals surface area contributed by atoms with Gasteiger partial charge in [-0.15, -0.1) is 0 Å². The van der Waals surface area contributed by atoms with E-state index in [0.29, 0.717) is 6.54 Å². The Bertz CT molecular complexity index is 294. The Labute approximate surface area is 76.9 Å². The molecule has 0 aliphatic rings. The van der Waals surface area contributed by atoms with Gasteiger partial charge in [-0.25, -0.2) is 0 Å². The lowest BCUT2D eigenvalue weighted by molar-refractivity contribution is -0.122. The molecule has 72 valence electrons. The highest BCUT2D eigenvalue weighted by Crippen LogP contribution is 2.12. The molecule has 5 nitrogen and oxygen atoms in total. The molecule has 0 saturated heterocycles. The molecule has 0 unspecified atom stereocenters. The molecule has 0 spiro atoms. The molecule has 0 fully saturated rings. The van der Waals surface area contributed by atoms with E-state index < -0.39 is 0 Å². The summed E-state index contributed by atoms with van der Waals surface area (Å²) in [7, 11) is 3.39. The normalized spacial score (nSPS) is 12.5. The van der Waals surface area contributed by atoms with E-state index in [1.54, 1.807) is 31.0 Å². The number of hydrogen-bond donors (Lipinski definition) is 2. The topological polar surface area (TPSA) is 72.9 Å². The van der Waals surface area contributed by atoms with Crippen molar-refractivity contribution in [1.82, 2.24) is 15.1 Å². The number of nitrogens with one attached hydrogen (secondary N) is 1. The lowest BCUT2D eigenvalue weighted by atomic mass is 10.1. The second-order valence-electron chi connectivity index (χ2n) is 2.78. The van der Waals surface area contributed by atoms with E-state index in [4.69, 9.17) is 5.73 Å². The summed E-state index contributed by atoms with van der Waals surface area (Å²) in [5.41, 5.74) is 6.34. The highest BCUT2D eigenvalue weighted by atomic mass is 16.1. The Kier molecular flexibility index (Phi) is 3.02. The molecule has 5 heteroatoms. The quantitative estimate of drug-likeness (QED) is 0.643. The number of likely N-dealkylation sites (N-methyl/N-ethyl adjacent to an activating group) is 1. The molecule has 1 aromatic heterocycles. The molecule has 0 aliphatic heterocycles. The van der Waals surface area contributed by atoms with Gasteiger partial charge in [0.05, 0.1) is 11.6 Å². The van der Waals surface area contributed by atoms with Crippen molar-refractivity contribution < 1.29 is 4.79 Å². The number of aromatic nitrogens is 2. The average molecular weight is 182 g/mol.